The number of aromatic nitrogens is 2. The van der Waals surface area contributed by atoms with Crippen molar-refractivity contribution in [3.63, 3.8) is 0 Å². The number of aliphatic imine (C=N–C) groups is 1. The van der Waals surface area contributed by atoms with Crippen molar-refractivity contribution in [1.29, 1.82) is 0 Å². The highest BCUT2D eigenvalue weighted by molar-refractivity contribution is 5.99. The van der Waals surface area contributed by atoms with Crippen LogP contribution in [0, 0.1) is 10.1 Å². The number of rotatable bonds is 7. The van der Waals surface area contributed by atoms with E-state index in [1.807, 2.05) is 32.0 Å². The van der Waals surface area contributed by atoms with Crippen LogP contribution in [-0.4, -0.2) is 27.2 Å². The molecule has 31 heavy (non-hydrogen) atoms. The first-order valence-electron chi connectivity index (χ1n) is 9.96. The van der Waals surface area contributed by atoms with E-state index in [9.17, 15) is 14.9 Å². The van der Waals surface area contributed by atoms with Gasteiger partial charge in [-0.1, -0.05) is 19.4 Å². The highest BCUT2D eigenvalue weighted by atomic mass is 16.7. The first-order chi connectivity index (χ1) is 15.0. The first kappa shape index (κ1) is 20.4. The van der Waals surface area contributed by atoms with Crippen LogP contribution >= 0.6 is 0 Å². The zero-order valence-electron chi connectivity index (χ0n) is 17.3. The molecule has 1 aliphatic rings. The fraction of sp³-hybridized carbons (Fsp3) is 0.273. The average Bonchev–Trinajstić information content (AvgIpc) is 3.36. The quantitative estimate of drug-likeness (QED) is 0.354. The number of nitro benzene ring substituents is 1. The van der Waals surface area contributed by atoms with Crippen LogP contribution in [0.25, 0.3) is 5.69 Å². The van der Waals surface area contributed by atoms with Gasteiger partial charge < -0.3 is 9.47 Å². The molecule has 0 fully saturated rings. The van der Waals surface area contributed by atoms with Gasteiger partial charge >= 0.3 is 0 Å². The number of aryl methyl sites for hydroxylation is 1. The van der Waals surface area contributed by atoms with Crippen molar-refractivity contribution in [3.8, 4) is 17.2 Å². The molecule has 0 unspecified atom stereocenters. The minimum atomic E-state index is -0.470. The molecule has 0 saturated carbocycles. The van der Waals surface area contributed by atoms with Gasteiger partial charge in [0.2, 0.25) is 6.79 Å². The molecule has 0 saturated heterocycles. The Balaban J connectivity index is 1.65. The van der Waals surface area contributed by atoms with Gasteiger partial charge in [-0.3, -0.25) is 25.0 Å². The van der Waals surface area contributed by atoms with Crippen molar-refractivity contribution in [1.82, 2.24) is 9.78 Å². The molecule has 2 aromatic carbocycles. The average molecular weight is 422 g/mol. The topological polar surface area (TPSA) is 112 Å². The van der Waals surface area contributed by atoms with E-state index in [4.69, 9.17) is 9.47 Å². The summed E-state index contributed by atoms with van der Waals surface area (Å²) in [6, 6.07) is 11.5. The molecule has 0 atom stereocenters. The van der Waals surface area contributed by atoms with Gasteiger partial charge in [0, 0.05) is 23.5 Å². The van der Waals surface area contributed by atoms with Crippen molar-refractivity contribution in [3.05, 3.63) is 79.8 Å². The van der Waals surface area contributed by atoms with E-state index in [0.717, 1.165) is 17.7 Å². The maximum Gasteiger partial charge on any atom is 0.280 e. The molecule has 2 heterocycles. The molecule has 1 N–H and O–H groups in total. The molecule has 3 aromatic rings. The Labute approximate surface area is 178 Å². The summed E-state index contributed by atoms with van der Waals surface area (Å²) >= 11 is 0. The molecule has 0 amide bonds. The molecule has 0 spiro atoms. The SMILES string of the molecule is CCCc1[nH]n(-c2ccc([N+](=O)[O-])cc2)c(=O)c1C(C)=NCc1ccc2c(c1)OCO2. The maximum absolute atomic E-state index is 13.2. The lowest BCUT2D eigenvalue weighted by Gasteiger charge is -2.03. The minimum Gasteiger partial charge on any atom is -0.454 e. The van der Waals surface area contributed by atoms with E-state index in [1.54, 1.807) is 12.1 Å². The van der Waals surface area contributed by atoms with Crippen LogP contribution < -0.4 is 15.0 Å². The molecular formula is C22H22N4O5. The number of nitro groups is 1. The van der Waals surface area contributed by atoms with Crippen LogP contribution in [0.4, 0.5) is 5.69 Å². The number of non-ortho nitro benzene ring substituents is 1. The number of H-pyrrole nitrogens is 1. The van der Waals surface area contributed by atoms with Crippen LogP contribution in [0.15, 0.2) is 52.3 Å². The number of ether oxygens (including phenoxy) is 2. The summed E-state index contributed by atoms with van der Waals surface area (Å²) in [7, 11) is 0. The summed E-state index contributed by atoms with van der Waals surface area (Å²) in [6.07, 6.45) is 1.53. The molecule has 1 aliphatic heterocycles. The molecule has 160 valence electrons. The second kappa shape index (κ2) is 8.47. The number of aromatic amines is 1. The van der Waals surface area contributed by atoms with E-state index >= 15 is 0 Å². The lowest BCUT2D eigenvalue weighted by molar-refractivity contribution is -0.384. The predicted molar refractivity (Wildman–Crippen MR) is 116 cm³/mol. The Morgan fingerprint density at radius 3 is 2.65 bits per heavy atom. The first-order valence-corrected chi connectivity index (χ1v) is 9.96. The van der Waals surface area contributed by atoms with Crippen molar-refractivity contribution in [2.24, 2.45) is 4.99 Å². The Bertz CT molecular complexity index is 1210. The van der Waals surface area contributed by atoms with E-state index in [0.29, 0.717) is 41.4 Å². The Morgan fingerprint density at radius 1 is 1.19 bits per heavy atom. The summed E-state index contributed by atoms with van der Waals surface area (Å²) in [5.74, 6) is 1.41. The number of hydrogen-bond acceptors (Lipinski definition) is 6. The van der Waals surface area contributed by atoms with Crippen LogP contribution in [0.2, 0.25) is 0 Å². The van der Waals surface area contributed by atoms with Crippen LogP contribution in [-0.2, 0) is 13.0 Å². The summed E-state index contributed by atoms with van der Waals surface area (Å²) in [6.45, 7) is 4.46. The van der Waals surface area contributed by atoms with Gasteiger partial charge in [-0.05, 0) is 43.2 Å². The third-order valence-corrected chi connectivity index (χ3v) is 5.08. The fourth-order valence-corrected chi connectivity index (χ4v) is 3.52. The van der Waals surface area contributed by atoms with Crippen molar-refractivity contribution in [2.75, 3.05) is 6.79 Å². The summed E-state index contributed by atoms with van der Waals surface area (Å²) in [5, 5.41) is 14.0. The normalized spacial score (nSPS) is 12.9. The third-order valence-electron chi connectivity index (χ3n) is 5.08. The largest absolute Gasteiger partial charge is 0.454 e. The van der Waals surface area contributed by atoms with Crippen molar-refractivity contribution >= 4 is 11.4 Å². The summed E-state index contributed by atoms with van der Waals surface area (Å²) in [5.41, 5.74) is 3.17. The predicted octanol–water partition coefficient (Wildman–Crippen LogP) is 3.76. The lowest BCUT2D eigenvalue weighted by Crippen LogP contribution is -2.20. The molecule has 9 heteroatoms. The van der Waals surface area contributed by atoms with Gasteiger partial charge in [0.1, 0.15) is 0 Å². The van der Waals surface area contributed by atoms with Gasteiger partial charge in [-0.2, -0.15) is 0 Å². The Hall–Kier alpha value is -3.88. The van der Waals surface area contributed by atoms with Gasteiger partial charge in [0.25, 0.3) is 11.2 Å². The molecular weight excluding hydrogens is 400 g/mol. The van der Waals surface area contributed by atoms with E-state index < -0.39 is 4.92 Å². The molecule has 4 rings (SSSR count). The van der Waals surface area contributed by atoms with Crippen LogP contribution in [0.1, 0.15) is 37.1 Å². The van der Waals surface area contributed by atoms with Crippen molar-refractivity contribution in [2.45, 2.75) is 33.2 Å². The zero-order chi connectivity index (χ0) is 22.0. The summed E-state index contributed by atoms with van der Waals surface area (Å²) in [4.78, 5) is 28.2. The van der Waals surface area contributed by atoms with E-state index in [1.165, 1.54) is 16.8 Å². The van der Waals surface area contributed by atoms with E-state index in [2.05, 4.69) is 10.1 Å². The number of nitrogens with zero attached hydrogens (tertiary/aromatic N) is 3. The standard InChI is InChI=1S/C22H22N4O5/c1-3-4-18-21(14(2)23-12-15-5-10-19-20(11-15)31-13-30-19)22(27)25(24-18)16-6-8-17(9-7-16)26(28)29/h5-11,24H,3-4,12-13H2,1-2H3. The van der Waals surface area contributed by atoms with Crippen LogP contribution in [0.5, 0.6) is 11.5 Å². The zero-order valence-corrected chi connectivity index (χ0v) is 17.3. The van der Waals surface area contributed by atoms with Crippen LogP contribution in [0.3, 0.4) is 0 Å². The van der Waals surface area contributed by atoms with Crippen molar-refractivity contribution < 1.29 is 14.4 Å². The summed E-state index contributed by atoms with van der Waals surface area (Å²) < 4.78 is 12.1. The Morgan fingerprint density at radius 2 is 1.94 bits per heavy atom. The van der Waals surface area contributed by atoms with Gasteiger partial charge in [0.15, 0.2) is 11.5 Å². The Kier molecular flexibility index (Phi) is 5.57. The molecule has 0 bridgehead atoms. The third kappa shape index (κ3) is 4.07. The second-order valence-electron chi connectivity index (χ2n) is 7.22. The number of nitrogens with one attached hydrogen (secondary N) is 1. The minimum absolute atomic E-state index is 0.0289. The highest BCUT2D eigenvalue weighted by Crippen LogP contribution is 2.32. The smallest absolute Gasteiger partial charge is 0.280 e. The molecule has 9 nitrogen and oxygen atoms in total. The number of hydrogen-bond donors (Lipinski definition) is 1. The molecule has 1 aromatic heterocycles. The van der Waals surface area contributed by atoms with E-state index in [-0.39, 0.29) is 18.0 Å². The molecule has 0 aliphatic carbocycles. The second-order valence-corrected chi connectivity index (χ2v) is 7.22. The monoisotopic (exact) mass is 422 g/mol. The van der Waals surface area contributed by atoms with Gasteiger partial charge in [-0.25, -0.2) is 4.68 Å². The van der Waals surface area contributed by atoms with Gasteiger partial charge in [-0.15, -0.1) is 0 Å². The van der Waals surface area contributed by atoms with Gasteiger partial charge in [0.05, 0.1) is 22.7 Å². The lowest BCUT2D eigenvalue weighted by atomic mass is 10.1. The highest BCUT2D eigenvalue weighted by Gasteiger charge is 2.18. The molecule has 0 radical (unpaired) electrons. The number of benzene rings is 2. The fourth-order valence-electron chi connectivity index (χ4n) is 3.52. The maximum atomic E-state index is 13.2. The number of fused-ring (bicyclic) bond motifs is 1.